The zero-order valence-electron chi connectivity index (χ0n) is 19.2. The van der Waals surface area contributed by atoms with Gasteiger partial charge in [-0.25, -0.2) is 9.78 Å². The predicted molar refractivity (Wildman–Crippen MR) is 126 cm³/mol. The first kappa shape index (κ1) is 22.4. The van der Waals surface area contributed by atoms with E-state index in [0.29, 0.717) is 48.8 Å². The molecule has 0 saturated carbocycles. The summed E-state index contributed by atoms with van der Waals surface area (Å²) in [7, 11) is 1.61. The third kappa shape index (κ3) is 3.26. The van der Waals surface area contributed by atoms with E-state index in [-0.39, 0.29) is 36.3 Å². The van der Waals surface area contributed by atoms with Crippen molar-refractivity contribution in [3.8, 4) is 17.1 Å². The maximum Gasteiger partial charge on any atom is 0.343 e. The van der Waals surface area contributed by atoms with E-state index in [1.165, 1.54) is 0 Å². The summed E-state index contributed by atoms with van der Waals surface area (Å²) < 4.78 is 12.2. The lowest BCUT2D eigenvalue weighted by Gasteiger charge is -2.34. The Hall–Kier alpha value is -3.43. The molecule has 0 amide bonds. The van der Waals surface area contributed by atoms with Crippen LogP contribution in [0.3, 0.4) is 0 Å². The zero-order chi connectivity index (χ0) is 24.0. The summed E-state index contributed by atoms with van der Waals surface area (Å²) >= 11 is 0. The van der Waals surface area contributed by atoms with Crippen molar-refractivity contribution in [2.45, 2.75) is 44.9 Å². The van der Waals surface area contributed by atoms with Gasteiger partial charge in [-0.05, 0) is 43.5 Å². The lowest BCUT2D eigenvalue weighted by Crippen LogP contribution is -2.45. The number of cyclic esters (lactones) is 1. The highest BCUT2D eigenvalue weighted by Crippen LogP contribution is 2.45. The van der Waals surface area contributed by atoms with Gasteiger partial charge in [0.05, 0.1) is 41.8 Å². The molecule has 9 nitrogen and oxygen atoms in total. The van der Waals surface area contributed by atoms with Crippen molar-refractivity contribution in [3.63, 3.8) is 0 Å². The van der Waals surface area contributed by atoms with E-state index in [9.17, 15) is 19.8 Å². The fourth-order valence-corrected chi connectivity index (χ4v) is 4.89. The Labute approximate surface area is 196 Å². The summed E-state index contributed by atoms with van der Waals surface area (Å²) in [6, 6.07) is 7.59. The number of aliphatic hydroxyl groups excluding tert-OH is 1. The van der Waals surface area contributed by atoms with Crippen molar-refractivity contribution >= 4 is 22.6 Å². The summed E-state index contributed by atoms with van der Waals surface area (Å²) in [5, 5.41) is 24.8. The summed E-state index contributed by atoms with van der Waals surface area (Å²) in [6.45, 7) is 2.37. The number of unbranched alkanes of at least 4 members (excludes halogenated alkanes) is 1. The second-order valence-electron chi connectivity index (χ2n) is 8.67. The van der Waals surface area contributed by atoms with Crippen LogP contribution in [0.15, 0.2) is 29.1 Å². The molecular weight excluding hydrogens is 438 g/mol. The lowest BCUT2D eigenvalue weighted by atomic mass is 9.84. The third-order valence-electron chi connectivity index (χ3n) is 6.71. The van der Waals surface area contributed by atoms with Gasteiger partial charge in [-0.3, -0.25) is 4.79 Å². The van der Waals surface area contributed by atoms with Gasteiger partial charge in [-0.1, -0.05) is 6.92 Å². The maximum absolute atomic E-state index is 13.6. The van der Waals surface area contributed by atoms with Crippen LogP contribution in [0.5, 0.6) is 5.75 Å². The summed E-state index contributed by atoms with van der Waals surface area (Å²) in [6.07, 6.45) is 1.34. The van der Waals surface area contributed by atoms with E-state index in [0.717, 1.165) is 16.5 Å². The Kier molecular flexibility index (Phi) is 5.53. The number of fused-ring (bicyclic) bond motifs is 5. The number of nitrogens with zero attached hydrogens (tertiary/aromatic N) is 2. The van der Waals surface area contributed by atoms with Crippen molar-refractivity contribution < 1.29 is 24.5 Å². The highest BCUT2D eigenvalue weighted by molar-refractivity contribution is 5.92. The Bertz CT molecular complexity index is 1370. The van der Waals surface area contributed by atoms with Crippen molar-refractivity contribution in [3.05, 3.63) is 51.3 Å². The molecule has 0 radical (unpaired) electrons. The largest absolute Gasteiger partial charge is 0.497 e. The van der Waals surface area contributed by atoms with Crippen molar-refractivity contribution in [2.24, 2.45) is 0 Å². The number of carbonyl (C=O) groups is 1. The molecule has 4 heterocycles. The number of aromatic nitrogens is 2. The molecule has 0 aliphatic carbocycles. The Morgan fingerprint density at radius 3 is 2.82 bits per heavy atom. The zero-order valence-corrected chi connectivity index (χ0v) is 19.2. The number of nitrogens with one attached hydrogen (secondary N) is 1. The van der Waals surface area contributed by atoms with Crippen molar-refractivity contribution in [1.82, 2.24) is 9.55 Å². The average Bonchev–Trinajstić information content (AvgIpc) is 3.22. The van der Waals surface area contributed by atoms with Crippen LogP contribution in [-0.4, -0.2) is 46.0 Å². The van der Waals surface area contributed by atoms with Crippen molar-refractivity contribution in [2.75, 3.05) is 25.6 Å². The number of rotatable bonds is 7. The minimum Gasteiger partial charge on any atom is -0.497 e. The standard InChI is InChI=1S/C25H27N3O6/c1-3-25(32)19-17(13-34-24(25)31)23(30)28-12-15-10-14-11-16(33-2)6-7-18(14)27-20(15)22(28)21(19)26-8-4-5-9-29/h6-7,10-11,26,29,32H,3-5,8-9,12-13H2,1-2H3/t25-/m0/s1. The first-order valence-electron chi connectivity index (χ1n) is 11.5. The molecule has 2 aromatic heterocycles. The molecule has 0 unspecified atom stereocenters. The molecule has 0 bridgehead atoms. The minimum atomic E-state index is -1.94. The first-order valence-corrected chi connectivity index (χ1v) is 11.5. The van der Waals surface area contributed by atoms with E-state index in [1.807, 2.05) is 24.3 Å². The van der Waals surface area contributed by atoms with Gasteiger partial charge in [0, 0.05) is 29.7 Å². The van der Waals surface area contributed by atoms with E-state index >= 15 is 0 Å². The molecule has 1 atom stereocenters. The highest BCUT2D eigenvalue weighted by Gasteiger charge is 2.48. The Morgan fingerprint density at radius 2 is 2.09 bits per heavy atom. The van der Waals surface area contributed by atoms with Crippen LogP contribution in [0.2, 0.25) is 0 Å². The van der Waals surface area contributed by atoms with E-state index in [4.69, 9.17) is 14.5 Å². The number of carbonyl (C=O) groups excluding carboxylic acids is 1. The summed E-state index contributed by atoms with van der Waals surface area (Å²) in [4.78, 5) is 31.1. The van der Waals surface area contributed by atoms with Gasteiger partial charge in [0.2, 0.25) is 0 Å². The third-order valence-corrected chi connectivity index (χ3v) is 6.71. The van der Waals surface area contributed by atoms with Crippen LogP contribution in [0, 0.1) is 0 Å². The van der Waals surface area contributed by atoms with Crippen LogP contribution < -0.4 is 15.6 Å². The second kappa shape index (κ2) is 8.41. The quantitative estimate of drug-likeness (QED) is 0.281. The van der Waals surface area contributed by atoms with Gasteiger partial charge >= 0.3 is 5.97 Å². The van der Waals surface area contributed by atoms with E-state index < -0.39 is 11.6 Å². The van der Waals surface area contributed by atoms with Crippen LogP contribution in [-0.2, 0) is 28.3 Å². The fraction of sp³-hybridized carbons (Fsp3) is 0.400. The molecule has 2 aliphatic rings. The highest BCUT2D eigenvalue weighted by atomic mass is 16.6. The maximum atomic E-state index is 13.6. The molecule has 34 heavy (non-hydrogen) atoms. The van der Waals surface area contributed by atoms with Gasteiger partial charge in [-0.2, -0.15) is 0 Å². The number of hydrogen-bond acceptors (Lipinski definition) is 8. The Balaban J connectivity index is 1.77. The summed E-state index contributed by atoms with van der Waals surface area (Å²) in [5.41, 5.74) is 1.64. The molecular formula is C25H27N3O6. The van der Waals surface area contributed by atoms with E-state index in [2.05, 4.69) is 5.32 Å². The normalized spacial score (nSPS) is 18.3. The lowest BCUT2D eigenvalue weighted by molar-refractivity contribution is -0.172. The molecule has 0 spiro atoms. The number of ether oxygens (including phenoxy) is 2. The van der Waals surface area contributed by atoms with Crippen LogP contribution in [0.25, 0.3) is 22.3 Å². The predicted octanol–water partition coefficient (Wildman–Crippen LogP) is 2.27. The topological polar surface area (TPSA) is 123 Å². The fourth-order valence-electron chi connectivity index (χ4n) is 4.89. The van der Waals surface area contributed by atoms with Crippen LogP contribution in [0.1, 0.15) is 42.9 Å². The smallest absolute Gasteiger partial charge is 0.343 e. The number of benzene rings is 1. The minimum absolute atomic E-state index is 0.0604. The van der Waals surface area contributed by atoms with Crippen LogP contribution >= 0.6 is 0 Å². The number of esters is 1. The van der Waals surface area contributed by atoms with E-state index in [1.54, 1.807) is 18.6 Å². The van der Waals surface area contributed by atoms with Gasteiger partial charge in [-0.15, -0.1) is 0 Å². The number of anilines is 1. The first-order chi connectivity index (χ1) is 16.4. The second-order valence-corrected chi connectivity index (χ2v) is 8.67. The number of hydrogen-bond donors (Lipinski definition) is 3. The molecule has 0 saturated heterocycles. The van der Waals surface area contributed by atoms with Gasteiger partial charge < -0.3 is 29.6 Å². The number of aliphatic hydroxyl groups is 2. The van der Waals surface area contributed by atoms with Gasteiger partial charge in [0.15, 0.2) is 5.60 Å². The SMILES string of the molecule is CC[C@@]1(O)C(=O)OCc2c1c(NCCCCO)c1n(c2=O)Cc2cc3cc(OC)ccc3nc2-1. The molecule has 1 aromatic carbocycles. The Morgan fingerprint density at radius 1 is 1.26 bits per heavy atom. The molecule has 5 rings (SSSR count). The molecule has 2 aliphatic heterocycles. The number of methoxy groups -OCH3 is 1. The monoisotopic (exact) mass is 465 g/mol. The molecule has 178 valence electrons. The molecule has 9 heteroatoms. The van der Waals surface area contributed by atoms with Gasteiger partial charge in [0.25, 0.3) is 5.56 Å². The number of pyridine rings is 2. The molecule has 3 aromatic rings. The summed E-state index contributed by atoms with van der Waals surface area (Å²) in [5.74, 6) is -0.0469. The molecule has 3 N–H and O–H groups in total. The van der Waals surface area contributed by atoms with Crippen LogP contribution in [0.4, 0.5) is 5.69 Å². The van der Waals surface area contributed by atoms with Crippen molar-refractivity contribution in [1.29, 1.82) is 0 Å². The average molecular weight is 466 g/mol. The molecule has 0 fully saturated rings. The van der Waals surface area contributed by atoms with Gasteiger partial charge in [0.1, 0.15) is 12.4 Å².